The molecule has 12 heteroatoms. The van der Waals surface area contributed by atoms with E-state index in [1.165, 1.54) is 31.5 Å². The summed E-state index contributed by atoms with van der Waals surface area (Å²) in [5, 5.41) is 2.33. The highest BCUT2D eigenvalue weighted by Gasteiger charge is 2.23. The van der Waals surface area contributed by atoms with Crippen LogP contribution in [-0.4, -0.2) is 69.9 Å². The first-order valence-electron chi connectivity index (χ1n) is 9.54. The molecule has 31 heavy (non-hydrogen) atoms. The minimum atomic E-state index is -3.72. The monoisotopic (exact) mass is 467 g/mol. The molecular weight excluding hydrogens is 442 g/mol. The molecule has 2 aromatic rings. The molecule has 0 bridgehead atoms. The number of thiazole rings is 1. The summed E-state index contributed by atoms with van der Waals surface area (Å²) in [5.41, 5.74) is 6.17. The molecule has 1 aromatic carbocycles. The van der Waals surface area contributed by atoms with Crippen LogP contribution in [0.3, 0.4) is 0 Å². The Labute approximate surface area is 185 Å². The number of carbonyl (C=O) groups is 2. The third-order valence-electron chi connectivity index (χ3n) is 4.94. The van der Waals surface area contributed by atoms with Crippen LogP contribution in [0.15, 0.2) is 22.4 Å². The second kappa shape index (κ2) is 9.30. The van der Waals surface area contributed by atoms with Gasteiger partial charge in [-0.2, -0.15) is 0 Å². The maximum Gasteiger partial charge on any atom is 0.289 e. The molecule has 0 radical (unpaired) electrons. The summed E-state index contributed by atoms with van der Waals surface area (Å²) in [6.45, 7) is 6.04. The topological polar surface area (TPSA) is 121 Å². The molecule has 0 spiro atoms. The van der Waals surface area contributed by atoms with Crippen LogP contribution in [0.2, 0.25) is 0 Å². The SMILES string of the molecule is Cc1cc(C(=O)NNC(=O)c2csc(N3CCOCC3)n2)cc(S(=O)(=O)N(C)C)c1C. The van der Waals surface area contributed by atoms with Crippen molar-refractivity contribution in [2.24, 2.45) is 0 Å². The van der Waals surface area contributed by atoms with Crippen LogP contribution in [0.5, 0.6) is 0 Å². The Morgan fingerprint density at radius 3 is 2.42 bits per heavy atom. The number of morpholine rings is 1. The number of hydrogen-bond acceptors (Lipinski definition) is 8. The summed E-state index contributed by atoms with van der Waals surface area (Å²) >= 11 is 1.34. The van der Waals surface area contributed by atoms with E-state index < -0.39 is 21.8 Å². The van der Waals surface area contributed by atoms with Crippen molar-refractivity contribution in [2.75, 3.05) is 45.3 Å². The van der Waals surface area contributed by atoms with E-state index in [4.69, 9.17) is 4.74 Å². The van der Waals surface area contributed by atoms with Gasteiger partial charge in [0, 0.05) is 38.1 Å². The van der Waals surface area contributed by atoms with Gasteiger partial charge in [-0.1, -0.05) is 0 Å². The summed E-state index contributed by atoms with van der Waals surface area (Å²) in [6, 6.07) is 2.88. The van der Waals surface area contributed by atoms with E-state index in [0.29, 0.717) is 42.6 Å². The first-order valence-corrected chi connectivity index (χ1v) is 11.9. The molecule has 10 nitrogen and oxygen atoms in total. The van der Waals surface area contributed by atoms with Gasteiger partial charge < -0.3 is 9.64 Å². The molecule has 0 atom stereocenters. The Bertz CT molecular complexity index is 1090. The molecular formula is C19H25N5O5S2. The van der Waals surface area contributed by atoms with Gasteiger partial charge in [-0.25, -0.2) is 17.7 Å². The third-order valence-corrected chi connectivity index (χ3v) is 7.78. The Hall–Kier alpha value is -2.54. The lowest BCUT2D eigenvalue weighted by Crippen LogP contribution is -2.42. The molecule has 0 aliphatic carbocycles. The summed E-state index contributed by atoms with van der Waals surface area (Å²) < 4.78 is 31.5. The first-order chi connectivity index (χ1) is 14.6. The lowest BCUT2D eigenvalue weighted by Gasteiger charge is -2.25. The zero-order valence-electron chi connectivity index (χ0n) is 17.8. The number of anilines is 1. The minimum Gasteiger partial charge on any atom is -0.378 e. The van der Waals surface area contributed by atoms with E-state index >= 15 is 0 Å². The van der Waals surface area contributed by atoms with Gasteiger partial charge in [0.25, 0.3) is 11.8 Å². The van der Waals surface area contributed by atoms with Crippen molar-refractivity contribution < 1.29 is 22.7 Å². The van der Waals surface area contributed by atoms with Gasteiger partial charge >= 0.3 is 0 Å². The predicted molar refractivity (Wildman–Crippen MR) is 117 cm³/mol. The number of benzene rings is 1. The smallest absolute Gasteiger partial charge is 0.289 e. The average molecular weight is 468 g/mol. The minimum absolute atomic E-state index is 0.0450. The van der Waals surface area contributed by atoms with Gasteiger partial charge in [0.15, 0.2) is 5.13 Å². The number of carbonyl (C=O) groups excluding carboxylic acids is 2. The van der Waals surface area contributed by atoms with Gasteiger partial charge in [0.05, 0.1) is 18.1 Å². The molecule has 1 aliphatic heterocycles. The number of hydrazine groups is 1. The van der Waals surface area contributed by atoms with E-state index in [-0.39, 0.29) is 16.2 Å². The molecule has 1 aliphatic rings. The van der Waals surface area contributed by atoms with Crippen LogP contribution < -0.4 is 15.8 Å². The molecule has 2 heterocycles. The van der Waals surface area contributed by atoms with Gasteiger partial charge in [-0.15, -0.1) is 11.3 Å². The maximum absolute atomic E-state index is 12.6. The molecule has 3 rings (SSSR count). The van der Waals surface area contributed by atoms with E-state index in [9.17, 15) is 18.0 Å². The molecule has 0 unspecified atom stereocenters. The van der Waals surface area contributed by atoms with E-state index in [0.717, 1.165) is 4.31 Å². The van der Waals surface area contributed by atoms with Gasteiger partial charge in [0.1, 0.15) is 5.69 Å². The molecule has 1 fully saturated rings. The zero-order valence-corrected chi connectivity index (χ0v) is 19.4. The van der Waals surface area contributed by atoms with E-state index in [1.54, 1.807) is 25.3 Å². The summed E-state index contributed by atoms with van der Waals surface area (Å²) in [4.78, 5) is 31.4. The third kappa shape index (κ3) is 5.03. The molecule has 1 saturated heterocycles. The highest BCUT2D eigenvalue weighted by atomic mass is 32.2. The van der Waals surface area contributed by atoms with Gasteiger partial charge in [-0.3, -0.25) is 20.4 Å². The zero-order chi connectivity index (χ0) is 22.8. The Kier molecular flexibility index (Phi) is 6.94. The lowest BCUT2D eigenvalue weighted by molar-refractivity contribution is 0.0844. The van der Waals surface area contributed by atoms with Crippen molar-refractivity contribution in [2.45, 2.75) is 18.7 Å². The second-order valence-corrected chi connectivity index (χ2v) is 10.2. The number of hydrogen-bond donors (Lipinski definition) is 2. The molecule has 2 N–H and O–H groups in total. The van der Waals surface area contributed by atoms with Gasteiger partial charge in [0.2, 0.25) is 10.0 Å². The highest BCUT2D eigenvalue weighted by molar-refractivity contribution is 7.89. The fourth-order valence-corrected chi connectivity index (χ4v) is 5.02. The highest BCUT2D eigenvalue weighted by Crippen LogP contribution is 2.24. The first kappa shape index (κ1) is 23.1. The quantitative estimate of drug-likeness (QED) is 0.627. The largest absolute Gasteiger partial charge is 0.378 e. The van der Waals surface area contributed by atoms with E-state index in [1.807, 2.05) is 4.90 Å². The number of amides is 2. The molecule has 0 saturated carbocycles. The summed E-state index contributed by atoms with van der Waals surface area (Å²) in [6.07, 6.45) is 0. The maximum atomic E-state index is 12.6. The van der Waals surface area contributed by atoms with Gasteiger partial charge in [-0.05, 0) is 37.1 Å². The van der Waals surface area contributed by atoms with Crippen molar-refractivity contribution in [3.63, 3.8) is 0 Å². The number of rotatable bonds is 5. The predicted octanol–water partition coefficient (Wildman–Crippen LogP) is 0.922. The lowest BCUT2D eigenvalue weighted by atomic mass is 10.1. The van der Waals surface area contributed by atoms with E-state index in [2.05, 4.69) is 15.8 Å². The van der Waals surface area contributed by atoms with Crippen molar-refractivity contribution >= 4 is 38.3 Å². The standard InChI is InChI=1S/C19H25N5O5S2/c1-12-9-14(10-16(13(12)2)31(27,28)23(3)4)17(25)21-22-18(26)15-11-30-19(20-15)24-5-7-29-8-6-24/h9-11H,5-8H2,1-4H3,(H,21,25)(H,22,26). The fraction of sp³-hybridized carbons (Fsp3) is 0.421. The average Bonchev–Trinajstić information content (AvgIpc) is 3.24. The van der Waals surface area contributed by atoms with Crippen LogP contribution in [0.25, 0.3) is 0 Å². The van der Waals surface area contributed by atoms with Crippen molar-refractivity contribution in [3.8, 4) is 0 Å². The second-order valence-electron chi connectivity index (χ2n) is 7.23. The fourth-order valence-electron chi connectivity index (χ4n) is 2.94. The number of nitrogens with zero attached hydrogens (tertiary/aromatic N) is 3. The number of nitrogens with one attached hydrogen (secondary N) is 2. The van der Waals surface area contributed by atoms with Crippen molar-refractivity contribution in [1.82, 2.24) is 20.1 Å². The van der Waals surface area contributed by atoms with Crippen molar-refractivity contribution in [1.29, 1.82) is 0 Å². The van der Waals surface area contributed by atoms with Crippen LogP contribution in [-0.2, 0) is 14.8 Å². The van der Waals surface area contributed by atoms with Crippen LogP contribution >= 0.6 is 11.3 Å². The van der Waals surface area contributed by atoms with Crippen LogP contribution in [0.4, 0.5) is 5.13 Å². The molecule has 2 amide bonds. The number of sulfonamides is 1. The number of ether oxygens (including phenoxy) is 1. The normalized spacial score (nSPS) is 14.5. The van der Waals surface area contributed by atoms with Crippen LogP contribution in [0, 0.1) is 13.8 Å². The molecule has 1 aromatic heterocycles. The number of aromatic nitrogens is 1. The van der Waals surface area contributed by atoms with Crippen molar-refractivity contribution in [3.05, 3.63) is 39.9 Å². The Morgan fingerprint density at radius 1 is 1.13 bits per heavy atom. The Balaban J connectivity index is 1.70. The number of aryl methyl sites for hydroxylation is 1. The van der Waals surface area contributed by atoms with Crippen LogP contribution in [0.1, 0.15) is 32.0 Å². The Morgan fingerprint density at radius 2 is 1.77 bits per heavy atom. The molecule has 168 valence electrons. The summed E-state index contributed by atoms with van der Waals surface area (Å²) in [7, 11) is -0.871. The summed E-state index contributed by atoms with van der Waals surface area (Å²) in [5.74, 6) is -1.19.